The van der Waals surface area contributed by atoms with Gasteiger partial charge in [-0.05, 0) is 64.5 Å². The van der Waals surface area contributed by atoms with E-state index in [1.807, 2.05) is 0 Å². The van der Waals surface area contributed by atoms with E-state index in [1.54, 1.807) is 0 Å². The highest BCUT2D eigenvalue weighted by Crippen LogP contribution is 2.31. The Kier molecular flexibility index (Phi) is 6.27. The number of carbonyl (C=O) groups excluding carboxylic acids is 1. The first-order valence-electron chi connectivity index (χ1n) is 9.20. The van der Waals surface area contributed by atoms with Gasteiger partial charge in [-0.15, -0.1) is 0 Å². The summed E-state index contributed by atoms with van der Waals surface area (Å²) in [5.41, 5.74) is 5.85. The average Bonchev–Trinajstić information content (AvgIpc) is 3.01. The van der Waals surface area contributed by atoms with Gasteiger partial charge in [0, 0.05) is 24.5 Å². The fourth-order valence-corrected chi connectivity index (χ4v) is 4.16. The van der Waals surface area contributed by atoms with Crippen molar-refractivity contribution in [3.63, 3.8) is 0 Å². The zero-order chi connectivity index (χ0) is 16.2. The van der Waals surface area contributed by atoms with E-state index < -0.39 is 0 Å². The number of likely N-dealkylation sites (tertiary alicyclic amines) is 1. The molecule has 128 valence electrons. The summed E-state index contributed by atoms with van der Waals surface area (Å²) in [5, 5.41) is 3.22. The van der Waals surface area contributed by atoms with Crippen LogP contribution in [0.3, 0.4) is 0 Å². The molecule has 1 unspecified atom stereocenters. The molecule has 1 aliphatic carbocycles. The van der Waals surface area contributed by atoms with Crippen molar-refractivity contribution in [2.45, 2.75) is 64.8 Å². The van der Waals surface area contributed by atoms with Gasteiger partial charge in [0.25, 0.3) is 0 Å². The number of nitrogens with one attached hydrogen (secondary N) is 1. The third kappa shape index (κ3) is 4.23. The van der Waals surface area contributed by atoms with Gasteiger partial charge in [-0.1, -0.05) is 19.8 Å². The molecule has 1 saturated carbocycles. The summed E-state index contributed by atoms with van der Waals surface area (Å²) in [5.74, 6) is 1.58. The molecule has 1 amide bonds. The Balaban J connectivity index is 1.85. The Hall–Kier alpha value is -0.610. The highest BCUT2D eigenvalue weighted by molar-refractivity contribution is 5.79. The Morgan fingerprint density at radius 2 is 2.05 bits per heavy atom. The van der Waals surface area contributed by atoms with Crippen molar-refractivity contribution in [1.29, 1.82) is 0 Å². The van der Waals surface area contributed by atoms with Crippen molar-refractivity contribution in [2.24, 2.45) is 23.5 Å². The SMILES string of the molecule is CCC1CCCN(C(C)(C)CNC(=O)[C@@H]2CCC[C@@H]2CN)C1. The summed E-state index contributed by atoms with van der Waals surface area (Å²) >= 11 is 0. The molecule has 4 nitrogen and oxygen atoms in total. The van der Waals surface area contributed by atoms with Crippen LogP contribution in [0.5, 0.6) is 0 Å². The van der Waals surface area contributed by atoms with Crippen LogP contribution in [0.1, 0.15) is 59.3 Å². The predicted molar refractivity (Wildman–Crippen MR) is 91.6 cm³/mol. The van der Waals surface area contributed by atoms with Crippen LogP contribution in [0.15, 0.2) is 0 Å². The minimum absolute atomic E-state index is 0.0420. The Morgan fingerprint density at radius 1 is 1.27 bits per heavy atom. The molecule has 2 rings (SSSR count). The van der Waals surface area contributed by atoms with Crippen molar-refractivity contribution in [2.75, 3.05) is 26.2 Å². The molecular formula is C18H35N3O. The fraction of sp³-hybridized carbons (Fsp3) is 0.944. The van der Waals surface area contributed by atoms with Gasteiger partial charge in [0.15, 0.2) is 0 Å². The largest absolute Gasteiger partial charge is 0.354 e. The fourth-order valence-electron chi connectivity index (χ4n) is 4.16. The van der Waals surface area contributed by atoms with Crippen LogP contribution >= 0.6 is 0 Å². The van der Waals surface area contributed by atoms with Crippen molar-refractivity contribution in [3.05, 3.63) is 0 Å². The number of carbonyl (C=O) groups is 1. The van der Waals surface area contributed by atoms with Gasteiger partial charge in [0.2, 0.25) is 5.91 Å². The van der Waals surface area contributed by atoms with Gasteiger partial charge in [-0.25, -0.2) is 0 Å². The summed E-state index contributed by atoms with van der Waals surface area (Å²) in [6.07, 6.45) is 7.17. The van der Waals surface area contributed by atoms with E-state index in [1.165, 1.54) is 25.8 Å². The van der Waals surface area contributed by atoms with E-state index in [0.717, 1.165) is 38.3 Å². The summed E-state index contributed by atoms with van der Waals surface area (Å²) in [6.45, 7) is 10.5. The summed E-state index contributed by atoms with van der Waals surface area (Å²) in [4.78, 5) is 15.0. The second kappa shape index (κ2) is 7.78. The van der Waals surface area contributed by atoms with Gasteiger partial charge in [0.1, 0.15) is 0 Å². The van der Waals surface area contributed by atoms with E-state index in [9.17, 15) is 4.79 Å². The molecular weight excluding hydrogens is 274 g/mol. The molecule has 0 spiro atoms. The van der Waals surface area contributed by atoms with Crippen molar-refractivity contribution in [1.82, 2.24) is 10.2 Å². The molecule has 1 heterocycles. The number of nitrogens with two attached hydrogens (primary N) is 1. The summed E-state index contributed by atoms with van der Waals surface area (Å²) < 4.78 is 0. The molecule has 1 saturated heterocycles. The lowest BCUT2D eigenvalue weighted by Crippen LogP contribution is -2.55. The first kappa shape index (κ1) is 17.7. The Morgan fingerprint density at radius 3 is 2.73 bits per heavy atom. The smallest absolute Gasteiger partial charge is 0.223 e. The number of nitrogens with zero attached hydrogens (tertiary/aromatic N) is 1. The topological polar surface area (TPSA) is 58.4 Å². The van der Waals surface area contributed by atoms with E-state index >= 15 is 0 Å². The van der Waals surface area contributed by atoms with Crippen molar-refractivity contribution < 1.29 is 4.79 Å². The molecule has 0 bridgehead atoms. The number of rotatable bonds is 6. The molecule has 3 atom stereocenters. The average molecular weight is 309 g/mol. The zero-order valence-corrected chi connectivity index (χ0v) is 14.7. The number of hydrogen-bond acceptors (Lipinski definition) is 3. The minimum Gasteiger partial charge on any atom is -0.354 e. The van der Waals surface area contributed by atoms with Crippen LogP contribution in [0, 0.1) is 17.8 Å². The van der Waals surface area contributed by atoms with Crippen LogP contribution in [0.4, 0.5) is 0 Å². The van der Waals surface area contributed by atoms with Crippen LogP contribution in [-0.4, -0.2) is 42.5 Å². The Bertz CT molecular complexity index is 369. The Labute approximate surface area is 136 Å². The van der Waals surface area contributed by atoms with Gasteiger partial charge in [0.05, 0.1) is 0 Å². The third-order valence-electron chi connectivity index (χ3n) is 5.95. The monoisotopic (exact) mass is 309 g/mol. The summed E-state index contributed by atoms with van der Waals surface area (Å²) in [7, 11) is 0. The lowest BCUT2D eigenvalue weighted by atomic mass is 9.90. The van der Waals surface area contributed by atoms with Crippen LogP contribution in [0.2, 0.25) is 0 Å². The molecule has 4 heteroatoms. The van der Waals surface area contributed by atoms with E-state index in [4.69, 9.17) is 5.73 Å². The van der Waals surface area contributed by atoms with Gasteiger partial charge < -0.3 is 11.1 Å². The molecule has 0 aromatic heterocycles. The van der Waals surface area contributed by atoms with Crippen LogP contribution in [-0.2, 0) is 4.79 Å². The number of amides is 1. The normalized spacial score (nSPS) is 30.5. The lowest BCUT2D eigenvalue weighted by Gasteiger charge is -2.43. The van der Waals surface area contributed by atoms with Crippen molar-refractivity contribution >= 4 is 5.91 Å². The standard InChI is InChI=1S/C18H35N3O/c1-4-14-7-6-10-21(12-14)18(2,3)13-20-17(22)16-9-5-8-15(16)11-19/h14-16H,4-13,19H2,1-3H3,(H,20,22)/t14?,15-,16-/m1/s1. The maximum Gasteiger partial charge on any atom is 0.223 e. The van der Waals surface area contributed by atoms with E-state index in [2.05, 4.69) is 31.0 Å². The molecule has 2 fully saturated rings. The van der Waals surface area contributed by atoms with Crippen molar-refractivity contribution in [3.8, 4) is 0 Å². The highest BCUT2D eigenvalue weighted by atomic mass is 16.1. The second-order valence-electron chi connectivity index (χ2n) is 7.93. The molecule has 22 heavy (non-hydrogen) atoms. The minimum atomic E-state index is 0.0420. The molecule has 0 aromatic carbocycles. The van der Waals surface area contributed by atoms with Gasteiger partial charge in [-0.2, -0.15) is 0 Å². The van der Waals surface area contributed by atoms with Crippen LogP contribution in [0.25, 0.3) is 0 Å². The van der Waals surface area contributed by atoms with E-state index in [-0.39, 0.29) is 17.4 Å². The van der Waals surface area contributed by atoms with Gasteiger partial charge in [-0.3, -0.25) is 9.69 Å². The zero-order valence-electron chi connectivity index (χ0n) is 14.7. The first-order chi connectivity index (χ1) is 10.5. The van der Waals surface area contributed by atoms with Crippen LogP contribution < -0.4 is 11.1 Å². The molecule has 2 aliphatic rings. The summed E-state index contributed by atoms with van der Waals surface area (Å²) in [6, 6.07) is 0. The highest BCUT2D eigenvalue weighted by Gasteiger charge is 2.35. The second-order valence-corrected chi connectivity index (χ2v) is 7.93. The predicted octanol–water partition coefficient (Wildman–Crippen LogP) is 2.38. The molecule has 0 radical (unpaired) electrons. The maximum absolute atomic E-state index is 12.5. The first-order valence-corrected chi connectivity index (χ1v) is 9.20. The lowest BCUT2D eigenvalue weighted by molar-refractivity contribution is -0.126. The quantitative estimate of drug-likeness (QED) is 0.792. The molecule has 3 N–H and O–H groups in total. The third-order valence-corrected chi connectivity index (χ3v) is 5.95. The van der Waals surface area contributed by atoms with E-state index in [0.29, 0.717) is 12.5 Å². The maximum atomic E-state index is 12.5. The molecule has 1 aliphatic heterocycles. The number of piperidine rings is 1. The van der Waals surface area contributed by atoms with Gasteiger partial charge >= 0.3 is 0 Å². The molecule has 0 aromatic rings. The number of hydrogen-bond donors (Lipinski definition) is 2.